The first-order chi connectivity index (χ1) is 10.1. The van der Waals surface area contributed by atoms with Gasteiger partial charge in [0, 0.05) is 19.1 Å². The van der Waals surface area contributed by atoms with Gasteiger partial charge in [0.1, 0.15) is 0 Å². The highest BCUT2D eigenvalue weighted by molar-refractivity contribution is 5.81. The number of piperidine rings is 1. The van der Waals surface area contributed by atoms with E-state index in [9.17, 15) is 4.79 Å². The Balaban J connectivity index is 1.77. The zero-order valence-electron chi connectivity index (χ0n) is 14.0. The van der Waals surface area contributed by atoms with E-state index in [1.165, 1.54) is 32.2 Å². The van der Waals surface area contributed by atoms with Gasteiger partial charge in [0.15, 0.2) is 0 Å². The number of nitrogens with one attached hydrogen (secondary N) is 2. The predicted molar refractivity (Wildman–Crippen MR) is 87.2 cm³/mol. The van der Waals surface area contributed by atoms with Gasteiger partial charge >= 0.3 is 0 Å². The maximum Gasteiger partial charge on any atom is 0.237 e. The number of hydrogen-bond acceptors (Lipinski definition) is 3. The van der Waals surface area contributed by atoms with E-state index in [-0.39, 0.29) is 11.9 Å². The fourth-order valence-corrected chi connectivity index (χ4v) is 3.63. The summed E-state index contributed by atoms with van der Waals surface area (Å²) in [6, 6.07) is 0.699. The molecule has 122 valence electrons. The summed E-state index contributed by atoms with van der Waals surface area (Å²) >= 11 is 0. The molecule has 2 N–H and O–H groups in total. The molecule has 3 atom stereocenters. The monoisotopic (exact) mass is 295 g/mol. The topological polar surface area (TPSA) is 44.4 Å². The van der Waals surface area contributed by atoms with Crippen LogP contribution in [0, 0.1) is 11.8 Å². The van der Waals surface area contributed by atoms with Crippen LogP contribution >= 0.6 is 0 Å². The second-order valence-corrected chi connectivity index (χ2v) is 7.25. The average molecular weight is 295 g/mol. The van der Waals surface area contributed by atoms with Crippen molar-refractivity contribution < 1.29 is 4.79 Å². The molecule has 2 fully saturated rings. The number of carbonyl (C=O) groups excluding carboxylic acids is 1. The van der Waals surface area contributed by atoms with Gasteiger partial charge in [-0.25, -0.2) is 0 Å². The van der Waals surface area contributed by atoms with Gasteiger partial charge in [-0.15, -0.1) is 0 Å². The van der Waals surface area contributed by atoms with E-state index in [1.54, 1.807) is 0 Å². The minimum atomic E-state index is 0.0152. The lowest BCUT2D eigenvalue weighted by molar-refractivity contribution is -0.126. The molecule has 2 heterocycles. The highest BCUT2D eigenvalue weighted by Crippen LogP contribution is 2.25. The standard InChI is InChI=1S/C17H33N3O/c1-13(2)8-10-19-17(21)14(3)20-11-5-6-15(12-20)16-7-4-9-18-16/h13-16,18H,4-12H2,1-3H3,(H,19,21). The van der Waals surface area contributed by atoms with Crippen LogP contribution in [-0.4, -0.2) is 49.1 Å². The first-order valence-corrected chi connectivity index (χ1v) is 8.83. The second kappa shape index (κ2) is 8.14. The van der Waals surface area contributed by atoms with Crippen LogP contribution in [-0.2, 0) is 4.79 Å². The summed E-state index contributed by atoms with van der Waals surface area (Å²) in [6.45, 7) is 10.6. The maximum absolute atomic E-state index is 12.3. The molecule has 0 bridgehead atoms. The molecule has 0 aromatic carbocycles. The van der Waals surface area contributed by atoms with E-state index in [0.717, 1.165) is 32.0 Å². The third-order valence-electron chi connectivity index (χ3n) is 5.10. The molecule has 0 aromatic rings. The summed E-state index contributed by atoms with van der Waals surface area (Å²) in [7, 11) is 0. The van der Waals surface area contributed by atoms with Crippen molar-refractivity contribution in [3.05, 3.63) is 0 Å². The molecule has 0 saturated carbocycles. The van der Waals surface area contributed by atoms with Crippen molar-refractivity contribution in [1.29, 1.82) is 0 Å². The molecule has 1 amide bonds. The summed E-state index contributed by atoms with van der Waals surface area (Å²) in [6.07, 6.45) is 6.23. The van der Waals surface area contributed by atoms with E-state index in [4.69, 9.17) is 0 Å². The summed E-state index contributed by atoms with van der Waals surface area (Å²) in [4.78, 5) is 14.7. The minimum Gasteiger partial charge on any atom is -0.355 e. The molecule has 0 aromatic heterocycles. The number of likely N-dealkylation sites (tertiary alicyclic amines) is 1. The van der Waals surface area contributed by atoms with Gasteiger partial charge in [0.25, 0.3) is 0 Å². The SMILES string of the molecule is CC(C)CCNC(=O)C(C)N1CCCC(C2CCCN2)C1. The number of hydrogen-bond donors (Lipinski definition) is 2. The summed E-state index contributed by atoms with van der Waals surface area (Å²) in [5.41, 5.74) is 0. The zero-order valence-corrected chi connectivity index (χ0v) is 14.0. The maximum atomic E-state index is 12.3. The predicted octanol–water partition coefficient (Wildman–Crippen LogP) is 2.00. The molecular formula is C17H33N3O. The van der Waals surface area contributed by atoms with E-state index in [1.807, 2.05) is 0 Å². The van der Waals surface area contributed by atoms with Gasteiger partial charge in [0.05, 0.1) is 6.04 Å². The van der Waals surface area contributed by atoms with E-state index in [2.05, 4.69) is 36.3 Å². The lowest BCUT2D eigenvalue weighted by Gasteiger charge is -2.38. The smallest absolute Gasteiger partial charge is 0.237 e. The quantitative estimate of drug-likeness (QED) is 0.788. The van der Waals surface area contributed by atoms with Crippen LogP contribution in [0.15, 0.2) is 0 Å². The third kappa shape index (κ3) is 4.96. The Labute approximate surface area is 130 Å². The van der Waals surface area contributed by atoms with Crippen molar-refractivity contribution in [2.75, 3.05) is 26.2 Å². The molecule has 0 spiro atoms. The van der Waals surface area contributed by atoms with Crippen molar-refractivity contribution in [3.8, 4) is 0 Å². The molecule has 4 nitrogen and oxygen atoms in total. The Bertz CT molecular complexity index is 326. The van der Waals surface area contributed by atoms with Crippen LogP contribution in [0.5, 0.6) is 0 Å². The molecular weight excluding hydrogens is 262 g/mol. The Hall–Kier alpha value is -0.610. The Morgan fingerprint density at radius 1 is 1.29 bits per heavy atom. The van der Waals surface area contributed by atoms with Crippen LogP contribution < -0.4 is 10.6 Å². The van der Waals surface area contributed by atoms with Gasteiger partial charge in [0.2, 0.25) is 5.91 Å². The number of carbonyl (C=O) groups is 1. The van der Waals surface area contributed by atoms with Crippen LogP contribution in [0.2, 0.25) is 0 Å². The summed E-state index contributed by atoms with van der Waals surface area (Å²) in [5.74, 6) is 1.58. The van der Waals surface area contributed by atoms with Crippen molar-refractivity contribution in [2.45, 2.75) is 65.0 Å². The van der Waals surface area contributed by atoms with Gasteiger partial charge < -0.3 is 10.6 Å². The van der Waals surface area contributed by atoms with Gasteiger partial charge in [-0.1, -0.05) is 13.8 Å². The number of rotatable bonds is 6. The molecule has 21 heavy (non-hydrogen) atoms. The molecule has 0 aliphatic carbocycles. The van der Waals surface area contributed by atoms with Crippen LogP contribution in [0.4, 0.5) is 0 Å². The number of amides is 1. The van der Waals surface area contributed by atoms with Crippen LogP contribution in [0.3, 0.4) is 0 Å². The Morgan fingerprint density at radius 2 is 2.10 bits per heavy atom. The van der Waals surface area contributed by atoms with Gasteiger partial charge in [-0.05, 0) is 64.0 Å². The Morgan fingerprint density at radius 3 is 2.76 bits per heavy atom. The second-order valence-electron chi connectivity index (χ2n) is 7.25. The fraction of sp³-hybridized carbons (Fsp3) is 0.941. The third-order valence-corrected chi connectivity index (χ3v) is 5.10. The Kier molecular flexibility index (Phi) is 6.49. The lowest BCUT2D eigenvalue weighted by atomic mass is 9.89. The molecule has 4 heteroatoms. The number of nitrogens with zero attached hydrogens (tertiary/aromatic N) is 1. The molecule has 2 aliphatic rings. The molecule has 2 aliphatic heterocycles. The first kappa shape index (κ1) is 16.8. The molecule has 3 unspecified atom stereocenters. The van der Waals surface area contributed by atoms with Crippen molar-refractivity contribution >= 4 is 5.91 Å². The molecule has 2 saturated heterocycles. The normalized spacial score (nSPS) is 28.8. The zero-order chi connectivity index (χ0) is 15.2. The van der Waals surface area contributed by atoms with Crippen molar-refractivity contribution in [3.63, 3.8) is 0 Å². The highest BCUT2D eigenvalue weighted by Gasteiger charge is 2.32. The molecule has 2 rings (SSSR count). The van der Waals surface area contributed by atoms with Gasteiger partial charge in [-0.3, -0.25) is 9.69 Å². The van der Waals surface area contributed by atoms with Crippen LogP contribution in [0.1, 0.15) is 52.9 Å². The minimum absolute atomic E-state index is 0.0152. The lowest BCUT2D eigenvalue weighted by Crippen LogP contribution is -2.51. The summed E-state index contributed by atoms with van der Waals surface area (Å²) in [5, 5.41) is 6.73. The van der Waals surface area contributed by atoms with Gasteiger partial charge in [-0.2, -0.15) is 0 Å². The summed E-state index contributed by atoms with van der Waals surface area (Å²) < 4.78 is 0. The highest BCUT2D eigenvalue weighted by atomic mass is 16.2. The van der Waals surface area contributed by atoms with E-state index in [0.29, 0.717) is 12.0 Å². The van der Waals surface area contributed by atoms with Crippen molar-refractivity contribution in [2.24, 2.45) is 11.8 Å². The average Bonchev–Trinajstić information content (AvgIpc) is 3.00. The van der Waals surface area contributed by atoms with Crippen LogP contribution in [0.25, 0.3) is 0 Å². The van der Waals surface area contributed by atoms with E-state index < -0.39 is 0 Å². The first-order valence-electron chi connectivity index (χ1n) is 8.83. The van der Waals surface area contributed by atoms with E-state index >= 15 is 0 Å². The van der Waals surface area contributed by atoms with Crippen molar-refractivity contribution in [1.82, 2.24) is 15.5 Å². The largest absolute Gasteiger partial charge is 0.355 e. The fourth-order valence-electron chi connectivity index (χ4n) is 3.63. The molecule has 0 radical (unpaired) electrons.